The lowest BCUT2D eigenvalue weighted by atomic mass is 10.0. The molecule has 0 amide bonds. The van der Waals surface area contributed by atoms with Gasteiger partial charge in [-0.3, -0.25) is 14.7 Å². The van der Waals surface area contributed by atoms with Crippen LogP contribution in [-0.2, 0) is 6.67 Å². The third-order valence-electron chi connectivity index (χ3n) is 4.79. The first kappa shape index (κ1) is 21.9. The monoisotopic (exact) mass is 431 g/mol. The number of ether oxygens (including phenoxy) is 2. The van der Waals surface area contributed by atoms with Gasteiger partial charge in [-0.05, 0) is 25.1 Å². The molecule has 3 aromatic rings. The minimum absolute atomic E-state index is 0.218. The number of hydrogen-bond acceptors (Lipinski definition) is 7. The van der Waals surface area contributed by atoms with E-state index in [2.05, 4.69) is 27.5 Å². The van der Waals surface area contributed by atoms with Crippen LogP contribution in [0.25, 0.3) is 22.2 Å². The minimum Gasteiger partial charge on any atom is -0.497 e. The summed E-state index contributed by atoms with van der Waals surface area (Å²) in [6, 6.07) is 5.16. The molecule has 160 valence electrons. The SMILES string of the molecule is CCCCNCn1c(=O)c(-c2cc(OC)cc(OC)c2Cl)cc2cnc(NC)nc21. The second-order valence-electron chi connectivity index (χ2n) is 6.72. The standard InChI is InChI=1S/C21H26ClN5O3/c1-5-6-7-24-12-27-19-13(11-25-21(23-2)26-19)8-16(20(27)28)15-9-14(29-3)10-17(30-4)18(15)22/h8-11,24H,5-7,12H2,1-4H3,(H,23,25,26). The summed E-state index contributed by atoms with van der Waals surface area (Å²) in [4.78, 5) is 22.3. The number of nitrogens with zero attached hydrogens (tertiary/aromatic N) is 3. The molecule has 8 nitrogen and oxygen atoms in total. The van der Waals surface area contributed by atoms with Gasteiger partial charge < -0.3 is 14.8 Å². The first-order valence-electron chi connectivity index (χ1n) is 9.75. The predicted molar refractivity (Wildman–Crippen MR) is 120 cm³/mol. The van der Waals surface area contributed by atoms with Gasteiger partial charge in [0.15, 0.2) is 0 Å². The molecule has 0 unspecified atom stereocenters. The van der Waals surface area contributed by atoms with Gasteiger partial charge >= 0.3 is 0 Å². The lowest BCUT2D eigenvalue weighted by Crippen LogP contribution is -2.30. The molecule has 0 atom stereocenters. The van der Waals surface area contributed by atoms with E-state index in [1.807, 2.05) is 0 Å². The smallest absolute Gasteiger partial charge is 0.261 e. The summed E-state index contributed by atoms with van der Waals surface area (Å²) < 4.78 is 12.3. The Bertz CT molecular complexity index is 1100. The molecule has 0 spiro atoms. The van der Waals surface area contributed by atoms with Gasteiger partial charge in [-0.15, -0.1) is 0 Å². The molecule has 2 heterocycles. The van der Waals surface area contributed by atoms with Crippen molar-refractivity contribution >= 4 is 28.6 Å². The van der Waals surface area contributed by atoms with Gasteiger partial charge in [0.1, 0.15) is 17.1 Å². The summed E-state index contributed by atoms with van der Waals surface area (Å²) in [7, 11) is 4.81. The van der Waals surface area contributed by atoms with Crippen molar-refractivity contribution in [3.05, 3.63) is 39.8 Å². The molecule has 0 aliphatic rings. The van der Waals surface area contributed by atoms with E-state index in [4.69, 9.17) is 21.1 Å². The van der Waals surface area contributed by atoms with Gasteiger partial charge in [0.2, 0.25) is 5.95 Å². The molecular formula is C21H26ClN5O3. The second-order valence-corrected chi connectivity index (χ2v) is 7.09. The lowest BCUT2D eigenvalue weighted by Gasteiger charge is -2.16. The average molecular weight is 432 g/mol. The number of benzene rings is 1. The molecule has 2 aromatic heterocycles. The molecule has 0 saturated carbocycles. The van der Waals surface area contributed by atoms with Crippen LogP contribution in [0.15, 0.2) is 29.2 Å². The topological polar surface area (TPSA) is 90.3 Å². The molecule has 0 aliphatic heterocycles. The molecule has 2 N–H and O–H groups in total. The average Bonchev–Trinajstić information content (AvgIpc) is 2.77. The van der Waals surface area contributed by atoms with Crippen molar-refractivity contribution in [3.63, 3.8) is 0 Å². The van der Waals surface area contributed by atoms with Crippen LogP contribution in [0.3, 0.4) is 0 Å². The summed E-state index contributed by atoms with van der Waals surface area (Å²) in [6.07, 6.45) is 3.76. The van der Waals surface area contributed by atoms with Crippen molar-refractivity contribution in [2.45, 2.75) is 26.4 Å². The van der Waals surface area contributed by atoms with Crippen LogP contribution in [0.5, 0.6) is 11.5 Å². The highest BCUT2D eigenvalue weighted by Crippen LogP contribution is 2.38. The second kappa shape index (κ2) is 9.77. The van der Waals surface area contributed by atoms with Crippen LogP contribution in [0.2, 0.25) is 5.02 Å². The summed E-state index contributed by atoms with van der Waals surface area (Å²) in [6.45, 7) is 3.24. The van der Waals surface area contributed by atoms with Gasteiger partial charge in [0.25, 0.3) is 5.56 Å². The summed E-state index contributed by atoms with van der Waals surface area (Å²) in [5.41, 5.74) is 1.27. The quantitative estimate of drug-likeness (QED) is 0.501. The maximum absolute atomic E-state index is 13.5. The van der Waals surface area contributed by atoms with Crippen LogP contribution < -0.4 is 25.7 Å². The van der Waals surface area contributed by atoms with Crippen molar-refractivity contribution in [2.24, 2.45) is 0 Å². The summed E-state index contributed by atoms with van der Waals surface area (Å²) in [5, 5.41) is 7.29. The first-order valence-corrected chi connectivity index (χ1v) is 10.1. The highest BCUT2D eigenvalue weighted by molar-refractivity contribution is 6.35. The first-order chi connectivity index (χ1) is 14.5. The van der Waals surface area contributed by atoms with Gasteiger partial charge in [-0.1, -0.05) is 24.9 Å². The fraction of sp³-hybridized carbons (Fsp3) is 0.381. The maximum atomic E-state index is 13.5. The Labute approximate surface area is 180 Å². The third-order valence-corrected chi connectivity index (χ3v) is 5.18. The van der Waals surface area contributed by atoms with Crippen molar-refractivity contribution in [1.82, 2.24) is 19.9 Å². The molecule has 9 heteroatoms. The number of pyridine rings is 1. The van der Waals surface area contributed by atoms with Crippen LogP contribution in [0.1, 0.15) is 19.8 Å². The fourth-order valence-corrected chi connectivity index (χ4v) is 3.43. The van der Waals surface area contributed by atoms with E-state index in [0.717, 1.165) is 24.8 Å². The van der Waals surface area contributed by atoms with Crippen molar-refractivity contribution in [3.8, 4) is 22.6 Å². The number of aromatic nitrogens is 3. The molecule has 0 fully saturated rings. The molecular weight excluding hydrogens is 406 g/mol. The fourth-order valence-electron chi connectivity index (χ4n) is 3.15. The van der Waals surface area contributed by atoms with Gasteiger partial charge in [-0.25, -0.2) is 4.98 Å². The van der Waals surface area contributed by atoms with E-state index in [9.17, 15) is 4.79 Å². The number of nitrogens with one attached hydrogen (secondary N) is 2. The molecule has 30 heavy (non-hydrogen) atoms. The van der Waals surface area contributed by atoms with Crippen molar-refractivity contribution in [2.75, 3.05) is 33.1 Å². The molecule has 3 rings (SSSR count). The van der Waals surface area contributed by atoms with Crippen LogP contribution >= 0.6 is 11.6 Å². The van der Waals surface area contributed by atoms with Crippen LogP contribution in [-0.4, -0.2) is 42.3 Å². The number of halogens is 1. The Kier molecular flexibility index (Phi) is 7.12. The highest BCUT2D eigenvalue weighted by atomic mass is 35.5. The Morgan fingerprint density at radius 3 is 2.63 bits per heavy atom. The largest absolute Gasteiger partial charge is 0.497 e. The lowest BCUT2D eigenvalue weighted by molar-refractivity contribution is 0.395. The van der Waals surface area contributed by atoms with Gasteiger partial charge in [0, 0.05) is 35.8 Å². The summed E-state index contributed by atoms with van der Waals surface area (Å²) >= 11 is 6.56. The van der Waals surface area contributed by atoms with Gasteiger partial charge in [0.05, 0.1) is 25.9 Å². The van der Waals surface area contributed by atoms with E-state index in [1.54, 1.807) is 43.1 Å². The molecule has 0 aliphatic carbocycles. The maximum Gasteiger partial charge on any atom is 0.261 e. The highest BCUT2D eigenvalue weighted by Gasteiger charge is 2.18. The van der Waals surface area contributed by atoms with Gasteiger partial charge in [-0.2, -0.15) is 4.98 Å². The molecule has 0 bridgehead atoms. The number of methoxy groups -OCH3 is 2. The summed E-state index contributed by atoms with van der Waals surface area (Å²) in [5.74, 6) is 1.41. The van der Waals surface area contributed by atoms with Crippen molar-refractivity contribution < 1.29 is 9.47 Å². The van der Waals surface area contributed by atoms with E-state index in [0.29, 0.717) is 45.9 Å². The molecule has 0 saturated heterocycles. The third kappa shape index (κ3) is 4.34. The number of fused-ring (bicyclic) bond motifs is 1. The normalized spacial score (nSPS) is 11.0. The van der Waals surface area contributed by atoms with E-state index in [-0.39, 0.29) is 5.56 Å². The minimum atomic E-state index is -0.218. The number of anilines is 1. The van der Waals surface area contributed by atoms with E-state index < -0.39 is 0 Å². The Balaban J connectivity index is 2.24. The molecule has 1 aromatic carbocycles. The van der Waals surface area contributed by atoms with Crippen LogP contribution in [0, 0.1) is 0 Å². The zero-order valence-electron chi connectivity index (χ0n) is 17.6. The Hall–Kier alpha value is -2.84. The van der Waals surface area contributed by atoms with E-state index >= 15 is 0 Å². The zero-order chi connectivity index (χ0) is 21.7. The predicted octanol–water partition coefficient (Wildman–Crippen LogP) is 3.52. The van der Waals surface area contributed by atoms with E-state index in [1.165, 1.54) is 7.11 Å². The Morgan fingerprint density at radius 1 is 1.17 bits per heavy atom. The molecule has 0 radical (unpaired) electrons. The number of unbranched alkanes of at least 4 members (excludes halogenated alkanes) is 1. The van der Waals surface area contributed by atoms with Crippen LogP contribution in [0.4, 0.5) is 5.95 Å². The van der Waals surface area contributed by atoms with Crippen molar-refractivity contribution in [1.29, 1.82) is 0 Å². The number of hydrogen-bond donors (Lipinski definition) is 2. The Morgan fingerprint density at radius 2 is 1.97 bits per heavy atom. The zero-order valence-corrected chi connectivity index (χ0v) is 18.3. The number of rotatable bonds is 9.